The van der Waals surface area contributed by atoms with Gasteiger partial charge in [-0.05, 0) is 30.9 Å². The molecule has 1 aliphatic rings. The lowest BCUT2D eigenvalue weighted by molar-refractivity contribution is 0.0950. The lowest BCUT2D eigenvalue weighted by Crippen LogP contribution is -2.38. The molecule has 8 heteroatoms. The van der Waals surface area contributed by atoms with Crippen LogP contribution in [-0.2, 0) is 0 Å². The van der Waals surface area contributed by atoms with E-state index in [1.165, 1.54) is 12.8 Å². The van der Waals surface area contributed by atoms with Crippen LogP contribution >= 0.6 is 24.8 Å². The molecule has 1 atom stereocenters. The molecule has 0 aliphatic heterocycles. The van der Waals surface area contributed by atoms with Crippen molar-refractivity contribution in [3.8, 4) is 0 Å². The second-order valence-corrected chi connectivity index (χ2v) is 4.73. The van der Waals surface area contributed by atoms with Crippen LogP contribution in [0.5, 0.6) is 0 Å². The summed E-state index contributed by atoms with van der Waals surface area (Å²) in [5.41, 5.74) is 7.25. The number of carbonyl (C=O) groups is 1. The van der Waals surface area contributed by atoms with E-state index >= 15 is 0 Å². The molecule has 0 radical (unpaired) electrons. The Morgan fingerprint density at radius 3 is 2.90 bits per heavy atom. The summed E-state index contributed by atoms with van der Waals surface area (Å²) in [6.07, 6.45) is 5.66. The normalized spacial score (nSPS) is 15.1. The average molecular weight is 318 g/mol. The molecule has 0 aromatic carbocycles. The maximum absolute atomic E-state index is 11.9. The summed E-state index contributed by atoms with van der Waals surface area (Å²) in [5.74, 6) is 0.479. The van der Waals surface area contributed by atoms with Crippen molar-refractivity contribution in [2.75, 3.05) is 6.54 Å². The van der Waals surface area contributed by atoms with Gasteiger partial charge in [-0.3, -0.25) is 9.20 Å². The first kappa shape index (κ1) is 16.7. The zero-order valence-corrected chi connectivity index (χ0v) is 12.4. The summed E-state index contributed by atoms with van der Waals surface area (Å²) < 4.78 is 1.72. The van der Waals surface area contributed by atoms with Crippen molar-refractivity contribution in [2.24, 2.45) is 11.7 Å². The zero-order valence-electron chi connectivity index (χ0n) is 10.7. The van der Waals surface area contributed by atoms with Gasteiger partial charge in [-0.1, -0.05) is 0 Å². The maximum Gasteiger partial charge on any atom is 0.252 e. The number of nitrogens with one attached hydrogen (secondary N) is 1. The van der Waals surface area contributed by atoms with E-state index in [0.29, 0.717) is 18.0 Å². The van der Waals surface area contributed by atoms with Gasteiger partial charge in [0.15, 0.2) is 5.65 Å². The van der Waals surface area contributed by atoms with Gasteiger partial charge in [0.25, 0.3) is 5.91 Å². The molecule has 2 aromatic rings. The average Bonchev–Trinajstić information content (AvgIpc) is 3.13. The molecule has 6 nitrogen and oxygen atoms in total. The molecule has 2 aromatic heterocycles. The first-order valence-corrected chi connectivity index (χ1v) is 6.07. The summed E-state index contributed by atoms with van der Waals surface area (Å²) in [5, 5.41) is 10.5. The van der Waals surface area contributed by atoms with E-state index < -0.39 is 0 Å². The van der Waals surface area contributed by atoms with E-state index in [4.69, 9.17) is 5.73 Å². The molecule has 20 heavy (non-hydrogen) atoms. The molecule has 1 saturated carbocycles. The molecular weight excluding hydrogens is 301 g/mol. The Bertz CT molecular complexity index is 584. The number of halogens is 2. The Hall–Kier alpha value is -1.37. The minimum Gasteiger partial charge on any atom is -0.350 e. The monoisotopic (exact) mass is 317 g/mol. The molecule has 3 rings (SSSR count). The fraction of sp³-hybridized carbons (Fsp3) is 0.417. The second kappa shape index (κ2) is 6.88. The van der Waals surface area contributed by atoms with Gasteiger partial charge in [0, 0.05) is 18.8 Å². The van der Waals surface area contributed by atoms with Crippen molar-refractivity contribution >= 4 is 36.4 Å². The van der Waals surface area contributed by atoms with E-state index in [1.807, 2.05) is 0 Å². The highest BCUT2D eigenvalue weighted by Crippen LogP contribution is 2.31. The van der Waals surface area contributed by atoms with Crippen LogP contribution in [0.15, 0.2) is 24.7 Å². The van der Waals surface area contributed by atoms with Crippen LogP contribution in [0.25, 0.3) is 5.65 Å². The van der Waals surface area contributed by atoms with Crippen LogP contribution in [0.3, 0.4) is 0 Å². The molecule has 2 heterocycles. The number of nitrogens with zero attached hydrogens (tertiary/aromatic N) is 3. The van der Waals surface area contributed by atoms with Crippen LogP contribution < -0.4 is 11.1 Å². The van der Waals surface area contributed by atoms with E-state index in [1.54, 1.807) is 29.1 Å². The summed E-state index contributed by atoms with van der Waals surface area (Å²) in [7, 11) is 0. The number of pyridine rings is 1. The predicted molar refractivity (Wildman–Crippen MR) is 80.5 cm³/mol. The summed E-state index contributed by atoms with van der Waals surface area (Å²) in [6.45, 7) is 0.531. The Labute approximate surface area is 128 Å². The van der Waals surface area contributed by atoms with Gasteiger partial charge in [0.05, 0.1) is 5.56 Å². The number of carbonyl (C=O) groups excluding carboxylic acids is 1. The molecule has 0 bridgehead atoms. The van der Waals surface area contributed by atoms with Crippen LogP contribution in [0.1, 0.15) is 23.2 Å². The van der Waals surface area contributed by atoms with Gasteiger partial charge in [-0.2, -0.15) is 0 Å². The van der Waals surface area contributed by atoms with Crippen LogP contribution in [0.4, 0.5) is 0 Å². The van der Waals surface area contributed by atoms with Gasteiger partial charge in [-0.25, -0.2) is 0 Å². The van der Waals surface area contributed by atoms with E-state index in [9.17, 15) is 4.79 Å². The Morgan fingerprint density at radius 2 is 2.20 bits per heavy atom. The van der Waals surface area contributed by atoms with Gasteiger partial charge in [0.2, 0.25) is 0 Å². The zero-order chi connectivity index (χ0) is 12.5. The fourth-order valence-electron chi connectivity index (χ4n) is 1.97. The van der Waals surface area contributed by atoms with E-state index in [2.05, 4.69) is 15.5 Å². The molecule has 1 unspecified atom stereocenters. The van der Waals surface area contributed by atoms with Crippen molar-refractivity contribution in [2.45, 2.75) is 18.9 Å². The highest BCUT2D eigenvalue weighted by atomic mass is 35.5. The minimum atomic E-state index is -0.110. The second-order valence-electron chi connectivity index (χ2n) is 4.73. The highest BCUT2D eigenvalue weighted by molar-refractivity contribution is 5.94. The van der Waals surface area contributed by atoms with Gasteiger partial charge in [-0.15, -0.1) is 35.0 Å². The van der Waals surface area contributed by atoms with Crippen molar-refractivity contribution < 1.29 is 4.79 Å². The smallest absolute Gasteiger partial charge is 0.252 e. The third-order valence-electron chi connectivity index (χ3n) is 3.28. The third kappa shape index (κ3) is 3.59. The number of nitrogens with two attached hydrogens (primary N) is 1. The fourth-order valence-corrected chi connectivity index (χ4v) is 1.97. The number of aromatic nitrogens is 3. The lowest BCUT2D eigenvalue weighted by atomic mass is 10.2. The van der Waals surface area contributed by atoms with E-state index in [-0.39, 0.29) is 36.8 Å². The number of hydrogen-bond donors (Lipinski definition) is 2. The summed E-state index contributed by atoms with van der Waals surface area (Å²) in [4.78, 5) is 11.9. The van der Waals surface area contributed by atoms with Crippen molar-refractivity contribution in [1.29, 1.82) is 0 Å². The van der Waals surface area contributed by atoms with Crippen molar-refractivity contribution in [3.63, 3.8) is 0 Å². The lowest BCUT2D eigenvalue weighted by Gasteiger charge is -2.11. The first-order valence-electron chi connectivity index (χ1n) is 6.07. The number of fused-ring (bicyclic) bond motifs is 1. The maximum atomic E-state index is 11.9. The summed E-state index contributed by atoms with van der Waals surface area (Å²) >= 11 is 0. The standard InChI is InChI=1S/C12H15N5O.2ClH/c13-10(8-1-2-8)5-14-12(18)9-3-4-11-16-15-7-17(11)6-9;;/h3-4,6-8,10H,1-2,5,13H2,(H,14,18);2*1H. The van der Waals surface area contributed by atoms with Crippen LogP contribution in [-0.4, -0.2) is 33.1 Å². The Kier molecular flexibility index (Phi) is 5.74. The molecule has 1 fully saturated rings. The van der Waals surface area contributed by atoms with Crippen LogP contribution in [0.2, 0.25) is 0 Å². The number of hydrogen-bond acceptors (Lipinski definition) is 4. The SMILES string of the molecule is Cl.Cl.NC(CNC(=O)c1ccc2nncn2c1)C1CC1. The number of rotatable bonds is 4. The largest absolute Gasteiger partial charge is 0.350 e. The molecule has 1 aliphatic carbocycles. The molecule has 110 valence electrons. The van der Waals surface area contributed by atoms with Crippen molar-refractivity contribution in [1.82, 2.24) is 19.9 Å². The van der Waals surface area contributed by atoms with Crippen LogP contribution in [0, 0.1) is 5.92 Å². The first-order chi connectivity index (χ1) is 8.74. The molecule has 0 spiro atoms. The third-order valence-corrected chi connectivity index (χ3v) is 3.28. The van der Waals surface area contributed by atoms with Gasteiger partial charge in [0.1, 0.15) is 6.33 Å². The van der Waals surface area contributed by atoms with Gasteiger partial charge >= 0.3 is 0 Å². The van der Waals surface area contributed by atoms with E-state index in [0.717, 1.165) is 5.65 Å². The quantitative estimate of drug-likeness (QED) is 0.882. The Morgan fingerprint density at radius 1 is 1.45 bits per heavy atom. The molecule has 3 N–H and O–H groups in total. The topological polar surface area (TPSA) is 85.3 Å². The molecule has 1 amide bonds. The van der Waals surface area contributed by atoms with Gasteiger partial charge < -0.3 is 11.1 Å². The predicted octanol–water partition coefficient (Wildman–Crippen LogP) is 1.04. The highest BCUT2D eigenvalue weighted by Gasteiger charge is 2.28. The molecule has 0 saturated heterocycles. The minimum absolute atomic E-state index is 0. The number of amides is 1. The Balaban J connectivity index is 0.000001000. The van der Waals surface area contributed by atoms with Crippen molar-refractivity contribution in [3.05, 3.63) is 30.2 Å². The molecular formula is C12H17Cl2N5O. The summed E-state index contributed by atoms with van der Waals surface area (Å²) in [6, 6.07) is 3.58.